The number of nitrogens with two attached hydrogens (primary N) is 1. The molecule has 1 saturated heterocycles. The van der Waals surface area contributed by atoms with Gasteiger partial charge in [0.15, 0.2) is 5.82 Å². The largest absolute Gasteiger partial charge is 0.326 e. The maximum Gasteiger partial charge on any atom is 0.295 e. The van der Waals surface area contributed by atoms with Gasteiger partial charge in [-0.25, -0.2) is 0 Å². The van der Waals surface area contributed by atoms with Crippen molar-refractivity contribution < 1.29 is 0 Å². The lowest BCUT2D eigenvalue weighted by molar-refractivity contribution is 0.121. The number of fused-ring (bicyclic) bond motifs is 1. The third-order valence-electron chi connectivity index (χ3n) is 5.21. The molecule has 3 heterocycles. The molecule has 2 aliphatic rings. The summed E-state index contributed by atoms with van der Waals surface area (Å²) >= 11 is 0. The van der Waals surface area contributed by atoms with Gasteiger partial charge in [0.1, 0.15) is 0 Å². The van der Waals surface area contributed by atoms with Crippen LogP contribution in [0.15, 0.2) is 17.2 Å². The zero-order chi connectivity index (χ0) is 14.6. The summed E-state index contributed by atoms with van der Waals surface area (Å²) in [6.45, 7) is 2.64. The molecule has 1 spiro atoms. The van der Waals surface area contributed by atoms with Crippen LogP contribution in [-0.4, -0.2) is 43.2 Å². The van der Waals surface area contributed by atoms with E-state index in [9.17, 15) is 4.79 Å². The van der Waals surface area contributed by atoms with Crippen molar-refractivity contribution in [1.29, 1.82) is 0 Å². The van der Waals surface area contributed by atoms with Gasteiger partial charge in [-0.3, -0.25) is 14.1 Å². The van der Waals surface area contributed by atoms with Crippen LogP contribution in [-0.2, 0) is 13.6 Å². The van der Waals surface area contributed by atoms with E-state index in [0.29, 0.717) is 17.6 Å². The predicted molar refractivity (Wildman–Crippen MR) is 77.8 cm³/mol. The number of aromatic nitrogens is 4. The molecule has 2 N–H and O–H groups in total. The van der Waals surface area contributed by atoms with Crippen LogP contribution >= 0.6 is 0 Å². The summed E-state index contributed by atoms with van der Waals surface area (Å²) in [5.74, 6) is 0.811. The Morgan fingerprint density at radius 1 is 1.38 bits per heavy atom. The summed E-state index contributed by atoms with van der Waals surface area (Å²) in [6, 6.07) is 0.262. The summed E-state index contributed by atoms with van der Waals surface area (Å²) in [6.07, 6.45) is 7.37. The van der Waals surface area contributed by atoms with E-state index in [4.69, 9.17) is 5.73 Å². The molecule has 0 amide bonds. The van der Waals surface area contributed by atoms with Gasteiger partial charge in [0.25, 0.3) is 5.56 Å². The summed E-state index contributed by atoms with van der Waals surface area (Å²) in [4.78, 5) is 14.3. The van der Waals surface area contributed by atoms with Crippen LogP contribution in [0.25, 0.3) is 5.65 Å². The Bertz CT molecular complexity index is 743. The summed E-state index contributed by atoms with van der Waals surface area (Å²) in [7, 11) is 1.72. The van der Waals surface area contributed by atoms with Crippen molar-refractivity contribution in [2.24, 2.45) is 18.2 Å². The average Bonchev–Trinajstić information content (AvgIpc) is 2.96. The van der Waals surface area contributed by atoms with Gasteiger partial charge < -0.3 is 10.3 Å². The van der Waals surface area contributed by atoms with Crippen LogP contribution in [0.1, 0.15) is 25.1 Å². The first kappa shape index (κ1) is 13.0. The molecule has 7 heteroatoms. The molecule has 1 unspecified atom stereocenters. The molecule has 1 saturated carbocycles. The van der Waals surface area contributed by atoms with Gasteiger partial charge in [-0.05, 0) is 18.3 Å². The lowest BCUT2D eigenvalue weighted by Crippen LogP contribution is -2.45. The van der Waals surface area contributed by atoms with Crippen LogP contribution in [0.2, 0.25) is 0 Å². The first-order valence-electron chi connectivity index (χ1n) is 7.46. The number of aryl methyl sites for hydroxylation is 1. The molecule has 2 aromatic rings. The number of hydrogen-bond donors (Lipinski definition) is 1. The Hall–Kier alpha value is -1.73. The van der Waals surface area contributed by atoms with E-state index in [2.05, 4.69) is 15.1 Å². The molecule has 0 bridgehead atoms. The SMILES string of the molecule is Cn1ccn2c(CN3CC(N)C4(CCC4)C3)nnc2c1=O. The molecule has 7 nitrogen and oxygen atoms in total. The fourth-order valence-electron chi connectivity index (χ4n) is 3.71. The molecule has 112 valence electrons. The van der Waals surface area contributed by atoms with E-state index in [1.54, 1.807) is 17.6 Å². The van der Waals surface area contributed by atoms with Crippen molar-refractivity contribution in [3.8, 4) is 0 Å². The highest BCUT2D eigenvalue weighted by atomic mass is 16.1. The van der Waals surface area contributed by atoms with Crippen LogP contribution in [0.3, 0.4) is 0 Å². The predicted octanol–water partition coefficient (Wildman–Crippen LogP) is -0.259. The lowest BCUT2D eigenvalue weighted by Gasteiger charge is -2.41. The monoisotopic (exact) mass is 288 g/mol. The fraction of sp³-hybridized carbons (Fsp3) is 0.643. The topological polar surface area (TPSA) is 81.4 Å². The normalized spacial score (nSPS) is 24.8. The average molecular weight is 288 g/mol. The fourth-order valence-corrected chi connectivity index (χ4v) is 3.71. The quantitative estimate of drug-likeness (QED) is 0.823. The van der Waals surface area contributed by atoms with Gasteiger partial charge in [0, 0.05) is 38.6 Å². The third-order valence-corrected chi connectivity index (χ3v) is 5.21. The zero-order valence-electron chi connectivity index (χ0n) is 12.2. The maximum absolute atomic E-state index is 12.0. The van der Waals surface area contributed by atoms with Crippen LogP contribution < -0.4 is 11.3 Å². The Labute approximate surface area is 122 Å². The third kappa shape index (κ3) is 1.84. The van der Waals surface area contributed by atoms with Crippen molar-refractivity contribution in [3.05, 3.63) is 28.6 Å². The van der Waals surface area contributed by atoms with Crippen LogP contribution in [0, 0.1) is 5.41 Å². The van der Waals surface area contributed by atoms with Gasteiger partial charge in [0.2, 0.25) is 5.65 Å². The Morgan fingerprint density at radius 2 is 2.19 bits per heavy atom. The minimum absolute atomic E-state index is 0.121. The first-order valence-corrected chi connectivity index (χ1v) is 7.46. The van der Waals surface area contributed by atoms with E-state index >= 15 is 0 Å². The minimum atomic E-state index is -0.121. The zero-order valence-corrected chi connectivity index (χ0v) is 12.2. The van der Waals surface area contributed by atoms with E-state index in [0.717, 1.165) is 18.9 Å². The number of hydrogen-bond acceptors (Lipinski definition) is 5. The standard InChI is InChI=1S/C14H20N6O/c1-18-5-6-20-11(16-17-12(20)13(18)21)8-19-7-10(15)14(9-19)3-2-4-14/h5-6,10H,2-4,7-9,15H2,1H3. The van der Waals surface area contributed by atoms with Crippen molar-refractivity contribution in [2.45, 2.75) is 31.8 Å². The van der Waals surface area contributed by atoms with E-state index < -0.39 is 0 Å². The Morgan fingerprint density at radius 3 is 2.86 bits per heavy atom. The second-order valence-electron chi connectivity index (χ2n) is 6.52. The maximum atomic E-state index is 12.0. The second kappa shape index (κ2) is 4.38. The lowest BCUT2D eigenvalue weighted by atomic mass is 9.66. The molecule has 1 aliphatic carbocycles. The number of rotatable bonds is 2. The second-order valence-corrected chi connectivity index (χ2v) is 6.52. The van der Waals surface area contributed by atoms with E-state index in [1.807, 2.05) is 6.20 Å². The first-order chi connectivity index (χ1) is 10.1. The molecule has 0 radical (unpaired) electrons. The molecule has 4 rings (SSSR count). The van der Waals surface area contributed by atoms with Crippen LogP contribution in [0.4, 0.5) is 0 Å². The van der Waals surface area contributed by atoms with Crippen LogP contribution in [0.5, 0.6) is 0 Å². The van der Waals surface area contributed by atoms with Crippen molar-refractivity contribution in [1.82, 2.24) is 24.1 Å². The Kier molecular flexibility index (Phi) is 2.71. The smallest absolute Gasteiger partial charge is 0.295 e. The van der Waals surface area contributed by atoms with Gasteiger partial charge in [-0.1, -0.05) is 6.42 Å². The highest BCUT2D eigenvalue weighted by Gasteiger charge is 2.48. The molecule has 1 atom stereocenters. The number of nitrogens with zero attached hydrogens (tertiary/aromatic N) is 5. The van der Waals surface area contributed by atoms with E-state index in [1.165, 1.54) is 23.8 Å². The molecular formula is C14H20N6O. The molecule has 2 aromatic heterocycles. The summed E-state index contributed by atoms with van der Waals surface area (Å²) < 4.78 is 3.31. The van der Waals surface area contributed by atoms with Gasteiger partial charge in [0.05, 0.1) is 6.54 Å². The van der Waals surface area contributed by atoms with Gasteiger partial charge in [-0.2, -0.15) is 0 Å². The number of likely N-dealkylation sites (tertiary alicyclic amines) is 1. The minimum Gasteiger partial charge on any atom is -0.326 e. The van der Waals surface area contributed by atoms with Crippen molar-refractivity contribution in [2.75, 3.05) is 13.1 Å². The van der Waals surface area contributed by atoms with Crippen molar-refractivity contribution in [3.63, 3.8) is 0 Å². The highest BCUT2D eigenvalue weighted by Crippen LogP contribution is 2.47. The highest BCUT2D eigenvalue weighted by molar-refractivity contribution is 5.34. The van der Waals surface area contributed by atoms with Gasteiger partial charge >= 0.3 is 0 Å². The Balaban J connectivity index is 1.61. The molecule has 1 aliphatic heterocycles. The molecular weight excluding hydrogens is 268 g/mol. The van der Waals surface area contributed by atoms with Gasteiger partial charge in [-0.15, -0.1) is 10.2 Å². The van der Waals surface area contributed by atoms with Crippen molar-refractivity contribution >= 4 is 5.65 Å². The summed E-state index contributed by atoms with van der Waals surface area (Å²) in [5, 5.41) is 8.23. The summed E-state index contributed by atoms with van der Waals surface area (Å²) in [5.41, 5.74) is 6.91. The molecule has 2 fully saturated rings. The van der Waals surface area contributed by atoms with E-state index in [-0.39, 0.29) is 11.6 Å². The molecule has 0 aromatic carbocycles. The molecule has 21 heavy (non-hydrogen) atoms.